The summed E-state index contributed by atoms with van der Waals surface area (Å²) in [5.41, 5.74) is 0. The van der Waals surface area contributed by atoms with Crippen LogP contribution in [0, 0.1) is 3.57 Å². The van der Waals surface area contributed by atoms with Gasteiger partial charge in [0.05, 0.1) is 11.5 Å². The number of hydrogen-bond donors (Lipinski definition) is 1. The Morgan fingerprint density at radius 2 is 2.05 bits per heavy atom. The lowest BCUT2D eigenvalue weighted by Gasteiger charge is -2.17. The summed E-state index contributed by atoms with van der Waals surface area (Å²) < 4.78 is 29.3. The van der Waals surface area contributed by atoms with Crippen molar-refractivity contribution in [3.05, 3.63) is 27.8 Å². The second-order valence-corrected chi connectivity index (χ2v) is 8.30. The van der Waals surface area contributed by atoms with Crippen molar-refractivity contribution >= 4 is 38.3 Å². The first-order valence-corrected chi connectivity index (χ1v) is 9.19. The lowest BCUT2D eigenvalue weighted by Crippen LogP contribution is -2.43. The predicted octanol–water partition coefficient (Wildman–Crippen LogP) is 1.36. The third-order valence-electron chi connectivity index (χ3n) is 3.07. The molecule has 0 spiro atoms. The second-order valence-electron chi connectivity index (χ2n) is 4.82. The Morgan fingerprint density at radius 1 is 1.40 bits per heavy atom. The first-order valence-electron chi connectivity index (χ1n) is 6.29. The Hall–Kier alpha value is -0.830. The van der Waals surface area contributed by atoms with Crippen LogP contribution in [0.2, 0.25) is 0 Å². The van der Waals surface area contributed by atoms with Gasteiger partial charge in [-0.3, -0.25) is 4.79 Å². The molecule has 0 aliphatic carbocycles. The Balaban J connectivity index is 1.88. The molecule has 1 aromatic carbocycles. The third-order valence-corrected chi connectivity index (χ3v) is 5.56. The van der Waals surface area contributed by atoms with E-state index < -0.39 is 15.9 Å². The van der Waals surface area contributed by atoms with E-state index in [2.05, 4.69) is 27.9 Å². The van der Waals surface area contributed by atoms with Crippen LogP contribution in [0.15, 0.2) is 24.3 Å². The minimum Gasteiger partial charge on any atom is -0.481 e. The maximum atomic E-state index is 11.9. The molecule has 2 rings (SSSR count). The van der Waals surface area contributed by atoms with Gasteiger partial charge in [0.25, 0.3) is 5.91 Å². The first kappa shape index (κ1) is 15.6. The van der Waals surface area contributed by atoms with Crippen LogP contribution in [0.5, 0.6) is 5.75 Å². The van der Waals surface area contributed by atoms with Gasteiger partial charge in [-0.05, 0) is 60.2 Å². The number of carbonyl (C=O) groups is 1. The molecule has 2 atom stereocenters. The molecule has 0 bridgehead atoms. The normalized spacial score (nSPS) is 22.2. The number of halogens is 1. The molecule has 20 heavy (non-hydrogen) atoms. The molecule has 7 heteroatoms. The summed E-state index contributed by atoms with van der Waals surface area (Å²) in [5, 5.41) is 2.72. The quantitative estimate of drug-likeness (QED) is 0.763. The standard InChI is InChI=1S/C13H16INO4S/c1-9(19-12-4-2-10(14)3-5-12)13(16)15-11-6-7-20(17,18)8-11/h2-5,9,11H,6-8H2,1H3,(H,15,16)/t9-,11-/m1/s1. The smallest absolute Gasteiger partial charge is 0.261 e. The van der Waals surface area contributed by atoms with Crippen LogP contribution >= 0.6 is 22.6 Å². The summed E-state index contributed by atoms with van der Waals surface area (Å²) >= 11 is 2.19. The molecule has 1 amide bonds. The SMILES string of the molecule is C[C@@H](Oc1ccc(I)cc1)C(=O)N[C@@H]1CCS(=O)(=O)C1. The van der Waals surface area contributed by atoms with Crippen molar-refractivity contribution in [2.45, 2.75) is 25.5 Å². The zero-order valence-corrected chi connectivity index (χ0v) is 14.0. The van der Waals surface area contributed by atoms with Crippen molar-refractivity contribution in [1.29, 1.82) is 0 Å². The minimum absolute atomic E-state index is 0.0228. The Labute approximate surface area is 132 Å². The highest BCUT2D eigenvalue weighted by Gasteiger charge is 2.30. The van der Waals surface area contributed by atoms with E-state index in [1.807, 2.05) is 12.1 Å². The number of rotatable bonds is 4. The lowest BCUT2D eigenvalue weighted by atomic mass is 10.2. The fourth-order valence-electron chi connectivity index (χ4n) is 2.00. The Kier molecular flexibility index (Phi) is 4.90. The molecule has 1 aromatic rings. The van der Waals surface area contributed by atoms with E-state index in [0.717, 1.165) is 3.57 Å². The molecule has 1 N–H and O–H groups in total. The average molecular weight is 409 g/mol. The van der Waals surface area contributed by atoms with Gasteiger partial charge in [-0.25, -0.2) is 8.42 Å². The van der Waals surface area contributed by atoms with E-state index in [1.165, 1.54) is 0 Å². The van der Waals surface area contributed by atoms with Gasteiger partial charge in [0, 0.05) is 9.61 Å². The van der Waals surface area contributed by atoms with Gasteiger partial charge in [0.1, 0.15) is 5.75 Å². The topological polar surface area (TPSA) is 72.5 Å². The van der Waals surface area contributed by atoms with Crippen molar-refractivity contribution in [3.63, 3.8) is 0 Å². The molecule has 1 heterocycles. The van der Waals surface area contributed by atoms with E-state index in [9.17, 15) is 13.2 Å². The molecule has 1 saturated heterocycles. The van der Waals surface area contributed by atoms with Crippen LogP contribution in [0.25, 0.3) is 0 Å². The largest absolute Gasteiger partial charge is 0.481 e. The summed E-state index contributed by atoms with van der Waals surface area (Å²) in [5.74, 6) is 0.497. The Bertz CT molecular complexity index is 585. The van der Waals surface area contributed by atoms with Gasteiger partial charge < -0.3 is 10.1 Å². The van der Waals surface area contributed by atoms with Crippen molar-refractivity contribution in [2.75, 3.05) is 11.5 Å². The summed E-state index contributed by atoms with van der Waals surface area (Å²) in [4.78, 5) is 11.9. The van der Waals surface area contributed by atoms with E-state index in [0.29, 0.717) is 12.2 Å². The number of amides is 1. The van der Waals surface area contributed by atoms with Crippen LogP contribution in [-0.2, 0) is 14.6 Å². The van der Waals surface area contributed by atoms with Crippen LogP contribution in [0.1, 0.15) is 13.3 Å². The van der Waals surface area contributed by atoms with Crippen LogP contribution < -0.4 is 10.1 Å². The van der Waals surface area contributed by atoms with Gasteiger partial charge >= 0.3 is 0 Å². The Morgan fingerprint density at radius 3 is 2.60 bits per heavy atom. The highest BCUT2D eigenvalue weighted by molar-refractivity contribution is 14.1. The van der Waals surface area contributed by atoms with E-state index in [4.69, 9.17) is 4.74 Å². The molecule has 0 aromatic heterocycles. The second kappa shape index (κ2) is 6.30. The molecular weight excluding hydrogens is 393 g/mol. The molecule has 110 valence electrons. The number of ether oxygens (including phenoxy) is 1. The molecule has 1 aliphatic rings. The molecule has 5 nitrogen and oxygen atoms in total. The van der Waals surface area contributed by atoms with Gasteiger partial charge in [0.15, 0.2) is 15.9 Å². The zero-order chi connectivity index (χ0) is 14.8. The molecule has 1 aliphatic heterocycles. The monoisotopic (exact) mass is 409 g/mol. The summed E-state index contributed by atoms with van der Waals surface area (Å²) in [7, 11) is -2.99. The molecule has 0 saturated carbocycles. The highest BCUT2D eigenvalue weighted by Crippen LogP contribution is 2.16. The average Bonchev–Trinajstić information content (AvgIpc) is 2.71. The van der Waals surface area contributed by atoms with Gasteiger partial charge in [-0.2, -0.15) is 0 Å². The third kappa shape index (κ3) is 4.34. The van der Waals surface area contributed by atoms with Gasteiger partial charge in [-0.1, -0.05) is 0 Å². The van der Waals surface area contributed by atoms with Crippen molar-refractivity contribution in [3.8, 4) is 5.75 Å². The van der Waals surface area contributed by atoms with Crippen LogP contribution in [-0.4, -0.2) is 38.0 Å². The van der Waals surface area contributed by atoms with Gasteiger partial charge in [0.2, 0.25) is 0 Å². The van der Waals surface area contributed by atoms with Crippen molar-refractivity contribution in [2.24, 2.45) is 0 Å². The van der Waals surface area contributed by atoms with E-state index in [-0.39, 0.29) is 23.5 Å². The summed E-state index contributed by atoms with van der Waals surface area (Å²) in [6.07, 6.45) is -0.178. The number of hydrogen-bond acceptors (Lipinski definition) is 4. The predicted molar refractivity (Wildman–Crippen MR) is 84.5 cm³/mol. The maximum Gasteiger partial charge on any atom is 0.261 e. The molecule has 1 fully saturated rings. The minimum atomic E-state index is -2.99. The molecule has 0 unspecified atom stereocenters. The highest BCUT2D eigenvalue weighted by atomic mass is 127. The van der Waals surface area contributed by atoms with Crippen LogP contribution in [0.3, 0.4) is 0 Å². The van der Waals surface area contributed by atoms with E-state index in [1.54, 1.807) is 19.1 Å². The lowest BCUT2D eigenvalue weighted by molar-refractivity contribution is -0.127. The van der Waals surface area contributed by atoms with Crippen molar-refractivity contribution in [1.82, 2.24) is 5.32 Å². The summed E-state index contributed by atoms with van der Waals surface area (Å²) in [6, 6.07) is 7.08. The molecular formula is C13H16INO4S. The van der Waals surface area contributed by atoms with Gasteiger partial charge in [-0.15, -0.1) is 0 Å². The molecule has 0 radical (unpaired) electrons. The van der Waals surface area contributed by atoms with E-state index >= 15 is 0 Å². The number of carbonyl (C=O) groups excluding carboxylic acids is 1. The van der Waals surface area contributed by atoms with Crippen LogP contribution in [0.4, 0.5) is 0 Å². The number of nitrogens with one attached hydrogen (secondary N) is 1. The first-order chi connectivity index (χ1) is 9.35. The summed E-state index contributed by atoms with van der Waals surface area (Å²) in [6.45, 7) is 1.65. The fraction of sp³-hybridized carbons (Fsp3) is 0.462. The zero-order valence-electron chi connectivity index (χ0n) is 11.0. The van der Waals surface area contributed by atoms with Crippen molar-refractivity contribution < 1.29 is 17.9 Å². The number of sulfone groups is 1. The number of benzene rings is 1. The maximum absolute atomic E-state index is 11.9. The fourth-order valence-corrected chi connectivity index (χ4v) is 4.03.